The summed E-state index contributed by atoms with van der Waals surface area (Å²) in [5.41, 5.74) is -1.34. The maximum Gasteiger partial charge on any atom is 0.400 e. The van der Waals surface area contributed by atoms with Crippen LogP contribution in [0, 0.1) is 45.8 Å². The molecule has 1 spiro atoms. The van der Waals surface area contributed by atoms with Gasteiger partial charge < -0.3 is 20.9 Å². The summed E-state index contributed by atoms with van der Waals surface area (Å²) in [6.07, 6.45) is -2.18. The molecule has 12 heteroatoms. The van der Waals surface area contributed by atoms with Crippen LogP contribution in [-0.2, 0) is 19.2 Å². The molecule has 2 aliphatic carbocycles. The fourth-order valence-corrected chi connectivity index (χ4v) is 6.38. The van der Waals surface area contributed by atoms with E-state index in [9.17, 15) is 37.6 Å². The van der Waals surface area contributed by atoms with Crippen molar-refractivity contribution in [3.63, 3.8) is 0 Å². The van der Waals surface area contributed by atoms with E-state index < -0.39 is 53.4 Å². The van der Waals surface area contributed by atoms with Crippen LogP contribution >= 0.6 is 0 Å². The number of halogens is 3. The molecule has 9 nitrogen and oxygen atoms in total. The Morgan fingerprint density at radius 2 is 1.79 bits per heavy atom. The number of rotatable bonds is 7. The van der Waals surface area contributed by atoms with Gasteiger partial charge in [-0.15, -0.1) is 0 Å². The van der Waals surface area contributed by atoms with Crippen molar-refractivity contribution in [3.05, 3.63) is 0 Å². The van der Waals surface area contributed by atoms with Gasteiger partial charge in [-0.3, -0.25) is 19.2 Å². The van der Waals surface area contributed by atoms with Crippen molar-refractivity contribution in [3.8, 4) is 6.07 Å². The summed E-state index contributed by atoms with van der Waals surface area (Å²) in [4.78, 5) is 53.5. The number of piperidine rings is 1. The van der Waals surface area contributed by atoms with Crippen molar-refractivity contribution in [2.75, 3.05) is 6.54 Å². The average molecular weight is 554 g/mol. The first-order valence-electron chi connectivity index (χ1n) is 13.5. The van der Waals surface area contributed by atoms with Crippen molar-refractivity contribution in [1.29, 1.82) is 5.26 Å². The second kappa shape index (κ2) is 9.37. The van der Waals surface area contributed by atoms with Crippen LogP contribution in [0.5, 0.6) is 0 Å². The van der Waals surface area contributed by atoms with Gasteiger partial charge in [0.2, 0.25) is 23.6 Å². The summed E-state index contributed by atoms with van der Waals surface area (Å²) in [5.74, 6) is -5.50. The minimum Gasteiger partial charge on any atom is -0.350 e. The summed E-state index contributed by atoms with van der Waals surface area (Å²) >= 11 is 0. The first-order valence-corrected chi connectivity index (χ1v) is 13.5. The predicted octanol–water partition coefficient (Wildman–Crippen LogP) is 2.27. The lowest BCUT2D eigenvalue weighted by molar-refractivity contribution is -0.180. The van der Waals surface area contributed by atoms with E-state index in [1.807, 2.05) is 13.8 Å². The largest absolute Gasteiger partial charge is 0.400 e. The van der Waals surface area contributed by atoms with Gasteiger partial charge in [-0.05, 0) is 55.3 Å². The second-order valence-corrected chi connectivity index (χ2v) is 13.6. The van der Waals surface area contributed by atoms with Crippen LogP contribution in [0.2, 0.25) is 0 Å². The lowest BCUT2D eigenvalue weighted by Gasteiger charge is -2.38. The summed E-state index contributed by atoms with van der Waals surface area (Å²) < 4.78 is 39.5. The molecule has 4 amide bonds. The fraction of sp³-hybridized carbons (Fsp3) is 0.815. The van der Waals surface area contributed by atoms with Crippen molar-refractivity contribution < 1.29 is 32.3 Å². The molecule has 0 radical (unpaired) electrons. The van der Waals surface area contributed by atoms with Crippen LogP contribution in [0.4, 0.5) is 13.2 Å². The van der Waals surface area contributed by atoms with E-state index in [1.54, 1.807) is 20.8 Å². The minimum absolute atomic E-state index is 0.00140. The average Bonchev–Trinajstić information content (AvgIpc) is 3.53. The molecule has 3 N–H and O–H groups in total. The van der Waals surface area contributed by atoms with E-state index in [1.165, 1.54) is 4.90 Å². The van der Waals surface area contributed by atoms with Crippen LogP contribution in [-0.4, -0.2) is 64.9 Å². The number of fused-ring (bicyclic) bond motifs is 1. The van der Waals surface area contributed by atoms with Crippen LogP contribution in [0.25, 0.3) is 0 Å². The normalized spacial score (nSPS) is 30.5. The molecular formula is C27H38F3N5O4. The molecule has 2 saturated carbocycles. The van der Waals surface area contributed by atoms with E-state index in [2.05, 4.69) is 22.0 Å². The molecule has 2 aliphatic heterocycles. The third-order valence-electron chi connectivity index (χ3n) is 9.29. The van der Waals surface area contributed by atoms with Gasteiger partial charge in [0.05, 0.1) is 6.07 Å². The summed E-state index contributed by atoms with van der Waals surface area (Å²) in [6.45, 7) is 9.83. The van der Waals surface area contributed by atoms with Gasteiger partial charge in [0.1, 0.15) is 24.0 Å². The van der Waals surface area contributed by atoms with Gasteiger partial charge >= 0.3 is 6.18 Å². The summed E-state index contributed by atoms with van der Waals surface area (Å²) in [7, 11) is 0. The lowest BCUT2D eigenvalue weighted by Crippen LogP contribution is -2.60. The van der Waals surface area contributed by atoms with Gasteiger partial charge in [-0.1, -0.05) is 34.6 Å². The highest BCUT2D eigenvalue weighted by Gasteiger charge is 2.70. The van der Waals surface area contributed by atoms with Gasteiger partial charge in [0.15, 0.2) is 0 Å². The number of nitrogens with zero attached hydrogens (tertiary/aromatic N) is 2. The zero-order chi connectivity index (χ0) is 29.3. The Balaban J connectivity index is 1.50. The van der Waals surface area contributed by atoms with Crippen LogP contribution in [0.3, 0.4) is 0 Å². The molecule has 0 aromatic heterocycles. The molecule has 0 aromatic rings. The number of hydrogen-bond acceptors (Lipinski definition) is 5. The van der Waals surface area contributed by atoms with Crippen molar-refractivity contribution >= 4 is 23.6 Å². The molecule has 4 fully saturated rings. The van der Waals surface area contributed by atoms with Gasteiger partial charge in [0.25, 0.3) is 0 Å². The molecule has 39 heavy (non-hydrogen) atoms. The predicted molar refractivity (Wildman–Crippen MR) is 133 cm³/mol. The highest BCUT2D eigenvalue weighted by Crippen LogP contribution is 2.65. The fourth-order valence-electron chi connectivity index (χ4n) is 6.38. The molecule has 7 atom stereocenters. The van der Waals surface area contributed by atoms with E-state index in [0.29, 0.717) is 6.42 Å². The first-order chi connectivity index (χ1) is 17.8. The number of alkyl halides is 3. The summed E-state index contributed by atoms with van der Waals surface area (Å²) in [5, 5.41) is 17.8. The SMILES string of the molecule is CC(C(=O)N[C@H](C(=O)N1C[C@H]2[C@@H]([C@H]1C(=O)N[C@H](C#N)C[C@@H]1CC3(CC3)NC1=O)C2(C)C)C(C)(C)C)C(F)(F)F. The molecule has 1 unspecified atom stereocenters. The number of nitriles is 1. The third kappa shape index (κ3) is 5.46. The Bertz CT molecular complexity index is 1100. The Morgan fingerprint density at radius 1 is 1.18 bits per heavy atom. The summed E-state index contributed by atoms with van der Waals surface area (Å²) in [6, 6.07) is -1.11. The molecular weight excluding hydrogens is 515 g/mol. The number of carbonyl (C=O) groups excluding carboxylic acids is 4. The maximum absolute atomic E-state index is 13.8. The quantitative estimate of drug-likeness (QED) is 0.445. The Morgan fingerprint density at radius 3 is 2.28 bits per heavy atom. The Hall–Kier alpha value is -2.84. The number of likely N-dealkylation sites (tertiary alicyclic amines) is 1. The second-order valence-electron chi connectivity index (χ2n) is 13.6. The molecule has 0 aromatic carbocycles. The minimum atomic E-state index is -4.76. The number of hydrogen-bond donors (Lipinski definition) is 3. The highest BCUT2D eigenvalue weighted by atomic mass is 19.4. The molecule has 2 saturated heterocycles. The number of nitrogens with one attached hydrogen (secondary N) is 3. The van der Waals surface area contributed by atoms with E-state index >= 15 is 0 Å². The van der Waals surface area contributed by atoms with Gasteiger partial charge in [-0.2, -0.15) is 18.4 Å². The van der Waals surface area contributed by atoms with Crippen LogP contribution in [0.15, 0.2) is 0 Å². The van der Waals surface area contributed by atoms with E-state index in [4.69, 9.17) is 0 Å². The molecule has 216 valence electrons. The topological polar surface area (TPSA) is 131 Å². The van der Waals surface area contributed by atoms with Crippen LogP contribution < -0.4 is 16.0 Å². The third-order valence-corrected chi connectivity index (χ3v) is 9.29. The smallest absolute Gasteiger partial charge is 0.350 e. The zero-order valence-electron chi connectivity index (χ0n) is 23.2. The lowest BCUT2D eigenvalue weighted by atomic mass is 9.84. The molecule has 2 heterocycles. The standard InChI is InChI=1S/C27H38F3N5O4/c1-13(27(28,29)30)20(36)33-19(24(2,3)4)23(39)35-12-16-17(25(16,5)6)18(35)22(38)32-15(11-31)9-14-10-26(7-8-26)34-21(14)37/h13-19H,7-10,12H2,1-6H3,(H,32,38)(H,33,36)(H,34,37)/t13?,14-,15+,16+,17+,18+,19-/m1/s1. The van der Waals surface area contributed by atoms with Gasteiger partial charge in [0, 0.05) is 18.0 Å². The highest BCUT2D eigenvalue weighted by molar-refractivity contribution is 5.94. The Kier molecular flexibility index (Phi) is 7.01. The molecule has 4 aliphatic rings. The maximum atomic E-state index is 13.8. The van der Waals surface area contributed by atoms with Crippen LogP contribution in [0.1, 0.15) is 67.2 Å². The van der Waals surface area contributed by atoms with Gasteiger partial charge in [-0.25, -0.2) is 0 Å². The molecule has 4 rings (SSSR count). The van der Waals surface area contributed by atoms with E-state index in [-0.39, 0.29) is 47.6 Å². The van der Waals surface area contributed by atoms with Crippen molar-refractivity contribution in [2.45, 2.75) is 97.1 Å². The zero-order valence-corrected chi connectivity index (χ0v) is 23.2. The van der Waals surface area contributed by atoms with Crippen molar-refractivity contribution in [2.24, 2.45) is 34.5 Å². The van der Waals surface area contributed by atoms with E-state index in [0.717, 1.165) is 19.8 Å². The van der Waals surface area contributed by atoms with Crippen molar-refractivity contribution in [1.82, 2.24) is 20.9 Å². The molecule has 0 bridgehead atoms. The number of amides is 4. The monoisotopic (exact) mass is 553 g/mol. The Labute approximate surface area is 226 Å². The number of carbonyl (C=O) groups is 4. The first kappa shape index (κ1) is 29.2.